The molecule has 2 saturated carbocycles. The van der Waals surface area contributed by atoms with Crippen LogP contribution in [0, 0.1) is 5.92 Å². The van der Waals surface area contributed by atoms with Crippen molar-refractivity contribution in [2.24, 2.45) is 11.7 Å². The fourth-order valence-electron chi connectivity index (χ4n) is 5.00. The van der Waals surface area contributed by atoms with Gasteiger partial charge in [-0.1, -0.05) is 13.3 Å². The number of likely N-dealkylation sites (tertiary alicyclic amines) is 1. The lowest BCUT2D eigenvalue weighted by Gasteiger charge is -2.45. The molecule has 2 N–H and O–H groups in total. The summed E-state index contributed by atoms with van der Waals surface area (Å²) in [5.41, 5.74) is 6.55. The van der Waals surface area contributed by atoms with Crippen molar-refractivity contribution in [1.29, 1.82) is 0 Å². The highest BCUT2D eigenvalue weighted by Gasteiger charge is 2.49. The summed E-state index contributed by atoms with van der Waals surface area (Å²) < 4.78 is 0. The molecule has 3 fully saturated rings. The minimum atomic E-state index is 0.242. The van der Waals surface area contributed by atoms with E-state index in [9.17, 15) is 0 Å². The third kappa shape index (κ3) is 3.02. The van der Waals surface area contributed by atoms with Gasteiger partial charge >= 0.3 is 0 Å². The van der Waals surface area contributed by atoms with Crippen molar-refractivity contribution in [3.8, 4) is 0 Å². The first-order valence-corrected chi connectivity index (χ1v) is 9.28. The topological polar surface area (TPSA) is 32.5 Å². The van der Waals surface area contributed by atoms with Gasteiger partial charge in [0.25, 0.3) is 0 Å². The maximum absolute atomic E-state index is 6.31. The first-order valence-electron chi connectivity index (χ1n) is 9.28. The summed E-state index contributed by atoms with van der Waals surface area (Å²) in [4.78, 5) is 5.46. The van der Waals surface area contributed by atoms with Gasteiger partial charge in [0.1, 0.15) is 0 Å². The third-order valence-electron chi connectivity index (χ3n) is 6.80. The highest BCUT2D eigenvalue weighted by Crippen LogP contribution is 2.41. The van der Waals surface area contributed by atoms with E-state index < -0.39 is 0 Å². The summed E-state index contributed by atoms with van der Waals surface area (Å²) in [6, 6.07) is 2.36. The van der Waals surface area contributed by atoms with Crippen LogP contribution in [0.3, 0.4) is 0 Å². The number of nitrogens with zero attached hydrogens (tertiary/aromatic N) is 2. The van der Waals surface area contributed by atoms with Crippen LogP contribution in [0.4, 0.5) is 0 Å². The van der Waals surface area contributed by atoms with E-state index in [2.05, 4.69) is 30.7 Å². The van der Waals surface area contributed by atoms with Gasteiger partial charge in [-0.2, -0.15) is 0 Å². The first kappa shape index (κ1) is 15.8. The smallest absolute Gasteiger partial charge is 0.0473 e. The van der Waals surface area contributed by atoms with Gasteiger partial charge in [0.15, 0.2) is 0 Å². The van der Waals surface area contributed by atoms with Gasteiger partial charge in [0.05, 0.1) is 0 Å². The number of hydrogen-bond donors (Lipinski definition) is 1. The van der Waals surface area contributed by atoms with Crippen LogP contribution in [0.25, 0.3) is 0 Å². The molecular weight excluding hydrogens is 258 g/mol. The fourth-order valence-corrected chi connectivity index (χ4v) is 5.00. The van der Waals surface area contributed by atoms with Crippen molar-refractivity contribution >= 4 is 0 Å². The Morgan fingerprint density at radius 2 is 1.81 bits per heavy atom. The summed E-state index contributed by atoms with van der Waals surface area (Å²) in [5.74, 6) is 0.981. The number of likely N-dealkylation sites (N-methyl/N-ethyl adjacent to an activating group) is 1. The largest absolute Gasteiger partial charge is 0.329 e. The first-order chi connectivity index (χ1) is 10.1. The van der Waals surface area contributed by atoms with Crippen molar-refractivity contribution in [2.45, 2.75) is 88.9 Å². The average molecular weight is 293 g/mol. The minimum absolute atomic E-state index is 0.242. The van der Waals surface area contributed by atoms with Crippen LogP contribution in [0.15, 0.2) is 0 Å². The molecule has 3 rings (SSSR count). The molecule has 1 aliphatic heterocycles. The zero-order valence-electron chi connectivity index (χ0n) is 14.4. The third-order valence-corrected chi connectivity index (χ3v) is 6.80. The molecule has 0 spiro atoms. The molecule has 0 aromatic carbocycles. The van der Waals surface area contributed by atoms with Crippen molar-refractivity contribution in [1.82, 2.24) is 9.80 Å². The predicted molar refractivity (Wildman–Crippen MR) is 89.4 cm³/mol. The molecule has 0 bridgehead atoms. The average Bonchev–Trinajstić information content (AvgIpc) is 3.30. The number of nitrogens with two attached hydrogens (primary N) is 1. The van der Waals surface area contributed by atoms with Gasteiger partial charge in [-0.05, 0) is 64.8 Å². The Balaban J connectivity index is 1.65. The molecule has 0 aromatic rings. The Kier molecular flexibility index (Phi) is 4.63. The number of rotatable bonds is 5. The molecule has 2 unspecified atom stereocenters. The standard InChI is InChI=1S/C18H35N3/c1-4-15-5-7-16(8-6-15)20(3)18(12-19)11-14(2)21(13-18)17-9-10-17/h14-17H,4-13,19H2,1-3H3. The van der Waals surface area contributed by atoms with E-state index >= 15 is 0 Å². The SMILES string of the molecule is CCC1CCC(N(C)C2(CN)CC(C)N(C3CC3)C2)CC1. The maximum Gasteiger partial charge on any atom is 0.0473 e. The van der Waals surface area contributed by atoms with Crippen LogP contribution >= 0.6 is 0 Å². The van der Waals surface area contributed by atoms with Crippen LogP contribution in [0.2, 0.25) is 0 Å². The van der Waals surface area contributed by atoms with E-state index in [-0.39, 0.29) is 5.54 Å². The molecule has 0 radical (unpaired) electrons. The number of hydrogen-bond acceptors (Lipinski definition) is 3. The molecule has 3 nitrogen and oxygen atoms in total. The van der Waals surface area contributed by atoms with E-state index in [4.69, 9.17) is 5.73 Å². The Bertz CT molecular complexity index is 346. The summed E-state index contributed by atoms with van der Waals surface area (Å²) in [6.07, 6.45) is 11.1. The van der Waals surface area contributed by atoms with Crippen LogP contribution in [-0.2, 0) is 0 Å². The van der Waals surface area contributed by atoms with Crippen LogP contribution < -0.4 is 5.73 Å². The van der Waals surface area contributed by atoms with Crippen LogP contribution in [0.1, 0.15) is 65.2 Å². The molecular formula is C18H35N3. The van der Waals surface area contributed by atoms with Gasteiger partial charge in [0.2, 0.25) is 0 Å². The van der Waals surface area contributed by atoms with Gasteiger partial charge in [-0.3, -0.25) is 9.80 Å². The summed E-state index contributed by atoms with van der Waals surface area (Å²) in [5, 5.41) is 0. The van der Waals surface area contributed by atoms with Crippen molar-refractivity contribution in [3.63, 3.8) is 0 Å². The predicted octanol–water partition coefficient (Wildman–Crippen LogP) is 2.84. The Hall–Kier alpha value is -0.120. The summed E-state index contributed by atoms with van der Waals surface area (Å²) in [6.45, 7) is 6.80. The molecule has 3 aliphatic rings. The van der Waals surface area contributed by atoms with Crippen molar-refractivity contribution in [3.05, 3.63) is 0 Å². The lowest BCUT2D eigenvalue weighted by atomic mass is 9.81. The monoisotopic (exact) mass is 293 g/mol. The van der Waals surface area contributed by atoms with Gasteiger partial charge in [-0.15, -0.1) is 0 Å². The molecule has 1 heterocycles. The molecule has 21 heavy (non-hydrogen) atoms. The van der Waals surface area contributed by atoms with E-state index in [0.717, 1.165) is 30.6 Å². The summed E-state index contributed by atoms with van der Waals surface area (Å²) in [7, 11) is 2.37. The molecule has 0 amide bonds. The van der Waals surface area contributed by atoms with Crippen LogP contribution in [0.5, 0.6) is 0 Å². The molecule has 2 aliphatic carbocycles. The summed E-state index contributed by atoms with van der Waals surface area (Å²) >= 11 is 0. The minimum Gasteiger partial charge on any atom is -0.329 e. The highest BCUT2D eigenvalue weighted by molar-refractivity contribution is 5.07. The second-order valence-corrected chi connectivity index (χ2v) is 8.08. The van der Waals surface area contributed by atoms with E-state index in [0.29, 0.717) is 0 Å². The van der Waals surface area contributed by atoms with Gasteiger partial charge < -0.3 is 5.73 Å². The zero-order valence-corrected chi connectivity index (χ0v) is 14.4. The normalized spacial score (nSPS) is 41.9. The van der Waals surface area contributed by atoms with Crippen LogP contribution in [-0.4, -0.2) is 53.6 Å². The molecule has 1 saturated heterocycles. The van der Waals surface area contributed by atoms with Gasteiger partial charge in [-0.25, -0.2) is 0 Å². The molecule has 122 valence electrons. The lowest BCUT2D eigenvalue weighted by Crippen LogP contribution is -2.58. The zero-order chi connectivity index (χ0) is 15.0. The highest BCUT2D eigenvalue weighted by atomic mass is 15.3. The molecule has 3 heteroatoms. The Morgan fingerprint density at radius 1 is 1.14 bits per heavy atom. The van der Waals surface area contributed by atoms with E-state index in [1.165, 1.54) is 57.9 Å². The van der Waals surface area contributed by atoms with Crippen molar-refractivity contribution < 1.29 is 0 Å². The Labute approximate surface area is 131 Å². The maximum atomic E-state index is 6.31. The van der Waals surface area contributed by atoms with E-state index in [1.807, 2.05) is 0 Å². The molecule has 2 atom stereocenters. The Morgan fingerprint density at radius 3 is 2.33 bits per heavy atom. The second kappa shape index (κ2) is 6.17. The fraction of sp³-hybridized carbons (Fsp3) is 1.00. The lowest BCUT2D eigenvalue weighted by molar-refractivity contribution is 0.0527. The second-order valence-electron chi connectivity index (χ2n) is 8.08. The quantitative estimate of drug-likeness (QED) is 0.846. The van der Waals surface area contributed by atoms with E-state index in [1.54, 1.807) is 0 Å². The van der Waals surface area contributed by atoms with Gasteiger partial charge in [0, 0.05) is 36.8 Å². The molecule has 0 aromatic heterocycles. The van der Waals surface area contributed by atoms with Crippen molar-refractivity contribution in [2.75, 3.05) is 20.1 Å².